The van der Waals surface area contributed by atoms with Crippen molar-refractivity contribution in [2.75, 3.05) is 44.6 Å². The van der Waals surface area contributed by atoms with E-state index in [1.54, 1.807) is 11.8 Å². The van der Waals surface area contributed by atoms with Gasteiger partial charge < -0.3 is 15.3 Å². The van der Waals surface area contributed by atoms with Crippen molar-refractivity contribution in [3.05, 3.63) is 29.3 Å². The number of hydrogen-bond donors (Lipinski definition) is 2. The molecule has 1 saturated heterocycles. The molecule has 1 aromatic rings. The number of carbonyl (C=O) groups excluding carboxylic acids is 1. The number of carbonyl (C=O) groups is 1. The molecule has 23 heavy (non-hydrogen) atoms. The quantitative estimate of drug-likeness (QED) is 0.892. The van der Waals surface area contributed by atoms with Crippen LogP contribution in [0.5, 0.6) is 0 Å². The lowest BCUT2D eigenvalue weighted by Crippen LogP contribution is -2.50. The van der Waals surface area contributed by atoms with Crippen molar-refractivity contribution in [2.24, 2.45) is 0 Å². The largest absolute Gasteiger partial charge is 0.416 e. The number of hydrogen-bond acceptors (Lipinski definition) is 3. The van der Waals surface area contributed by atoms with Crippen LogP contribution < -0.4 is 5.32 Å². The molecule has 1 aromatic carbocycles. The molecule has 1 aliphatic heterocycles. The molecule has 0 saturated carbocycles. The minimum atomic E-state index is -4.44. The number of nitrogens with one attached hydrogen (secondary N) is 1. The summed E-state index contributed by atoms with van der Waals surface area (Å²) in [5.74, 6) is 0. The summed E-state index contributed by atoms with van der Waals surface area (Å²) in [5, 5.41) is 11.4. The molecule has 2 amide bonds. The van der Waals surface area contributed by atoms with Gasteiger partial charge in [-0.2, -0.15) is 13.2 Å². The van der Waals surface area contributed by atoms with Crippen LogP contribution in [0.25, 0.3) is 0 Å². The molecule has 8 heteroatoms. The monoisotopic (exact) mass is 331 g/mol. The first kappa shape index (κ1) is 17.6. The van der Waals surface area contributed by atoms with Crippen LogP contribution in [-0.2, 0) is 6.18 Å². The van der Waals surface area contributed by atoms with Crippen LogP contribution in [0.4, 0.5) is 23.7 Å². The Morgan fingerprint density at radius 2 is 1.91 bits per heavy atom. The minimum Gasteiger partial charge on any atom is -0.395 e. The maximum atomic E-state index is 12.8. The first-order valence-corrected chi connectivity index (χ1v) is 7.38. The van der Waals surface area contributed by atoms with E-state index < -0.39 is 17.8 Å². The Labute approximate surface area is 132 Å². The fraction of sp³-hybridized carbons (Fsp3) is 0.533. The van der Waals surface area contributed by atoms with Gasteiger partial charge in [0.1, 0.15) is 0 Å². The predicted molar refractivity (Wildman–Crippen MR) is 80.3 cm³/mol. The molecule has 2 rings (SSSR count). The van der Waals surface area contributed by atoms with E-state index in [1.165, 1.54) is 6.07 Å². The van der Waals surface area contributed by atoms with Crippen LogP contribution in [-0.4, -0.2) is 60.3 Å². The van der Waals surface area contributed by atoms with Gasteiger partial charge in [0.05, 0.1) is 12.2 Å². The Morgan fingerprint density at radius 3 is 2.48 bits per heavy atom. The topological polar surface area (TPSA) is 55.8 Å². The van der Waals surface area contributed by atoms with Crippen molar-refractivity contribution in [2.45, 2.75) is 13.1 Å². The molecule has 2 N–H and O–H groups in total. The summed E-state index contributed by atoms with van der Waals surface area (Å²) in [5.41, 5.74) is -0.0426. The molecule has 128 valence electrons. The van der Waals surface area contributed by atoms with Gasteiger partial charge in [-0.05, 0) is 24.6 Å². The Bertz CT molecular complexity index is 555. The summed E-state index contributed by atoms with van der Waals surface area (Å²) >= 11 is 0. The first-order chi connectivity index (χ1) is 10.8. The number of nitrogens with zero attached hydrogens (tertiary/aromatic N) is 2. The van der Waals surface area contributed by atoms with E-state index in [9.17, 15) is 18.0 Å². The van der Waals surface area contributed by atoms with Gasteiger partial charge >= 0.3 is 12.2 Å². The number of anilines is 1. The molecular weight excluding hydrogens is 311 g/mol. The number of alkyl halides is 3. The van der Waals surface area contributed by atoms with Crippen molar-refractivity contribution in [1.29, 1.82) is 0 Å². The van der Waals surface area contributed by atoms with Gasteiger partial charge in [0.25, 0.3) is 0 Å². The van der Waals surface area contributed by atoms with Gasteiger partial charge in [-0.3, -0.25) is 4.90 Å². The highest BCUT2D eigenvalue weighted by Gasteiger charge is 2.31. The maximum absolute atomic E-state index is 12.8. The van der Waals surface area contributed by atoms with Gasteiger partial charge in [-0.1, -0.05) is 6.07 Å². The Morgan fingerprint density at radius 1 is 1.26 bits per heavy atom. The summed E-state index contributed by atoms with van der Waals surface area (Å²) in [7, 11) is 0. The molecule has 1 aliphatic rings. The molecule has 1 fully saturated rings. The Hall–Kier alpha value is -1.80. The fourth-order valence-corrected chi connectivity index (χ4v) is 2.44. The van der Waals surface area contributed by atoms with Gasteiger partial charge in [0, 0.05) is 38.4 Å². The third-order valence-electron chi connectivity index (χ3n) is 3.88. The molecular formula is C15H20F3N3O2. The molecule has 0 radical (unpaired) electrons. The number of aryl methyl sites for hydroxylation is 1. The van der Waals surface area contributed by atoms with Crippen LogP contribution >= 0.6 is 0 Å². The third kappa shape index (κ3) is 4.59. The Balaban J connectivity index is 2.01. The van der Waals surface area contributed by atoms with E-state index in [0.717, 1.165) is 12.1 Å². The summed E-state index contributed by atoms with van der Waals surface area (Å²) < 4.78 is 38.3. The van der Waals surface area contributed by atoms with E-state index >= 15 is 0 Å². The van der Waals surface area contributed by atoms with E-state index in [1.807, 2.05) is 4.90 Å². The zero-order valence-electron chi connectivity index (χ0n) is 12.9. The lowest BCUT2D eigenvalue weighted by atomic mass is 10.1. The Kier molecular flexibility index (Phi) is 5.48. The molecule has 5 nitrogen and oxygen atoms in total. The SMILES string of the molecule is Cc1ccc(C(F)(F)F)cc1NC(=O)N1CCN(CCO)CC1. The average Bonchev–Trinajstić information content (AvgIpc) is 2.49. The van der Waals surface area contributed by atoms with Gasteiger partial charge in [0.15, 0.2) is 0 Å². The second kappa shape index (κ2) is 7.18. The fourth-order valence-electron chi connectivity index (χ4n) is 2.44. The van der Waals surface area contributed by atoms with E-state index in [4.69, 9.17) is 5.11 Å². The molecule has 0 unspecified atom stereocenters. The maximum Gasteiger partial charge on any atom is 0.416 e. The molecule has 0 bridgehead atoms. The van der Waals surface area contributed by atoms with E-state index in [0.29, 0.717) is 38.3 Å². The normalized spacial score (nSPS) is 16.5. The number of halogens is 3. The molecule has 0 atom stereocenters. The summed E-state index contributed by atoms with van der Waals surface area (Å²) in [6, 6.07) is 2.89. The van der Waals surface area contributed by atoms with Gasteiger partial charge in [-0.15, -0.1) is 0 Å². The summed E-state index contributed by atoms with van der Waals surface area (Å²) in [6.45, 7) is 4.49. The highest BCUT2D eigenvalue weighted by atomic mass is 19.4. The van der Waals surface area contributed by atoms with Crippen LogP contribution in [0, 0.1) is 6.92 Å². The highest BCUT2D eigenvalue weighted by molar-refractivity contribution is 5.90. The zero-order valence-corrected chi connectivity index (χ0v) is 12.9. The number of β-amino-alcohol motifs (C(OH)–C–C–N with tert-alkyl or cyclic N) is 1. The average molecular weight is 331 g/mol. The van der Waals surface area contributed by atoms with Crippen LogP contribution in [0.15, 0.2) is 18.2 Å². The van der Waals surface area contributed by atoms with E-state index in [2.05, 4.69) is 5.32 Å². The smallest absolute Gasteiger partial charge is 0.395 e. The second-order valence-corrected chi connectivity index (χ2v) is 5.51. The van der Waals surface area contributed by atoms with Crippen LogP contribution in [0.1, 0.15) is 11.1 Å². The van der Waals surface area contributed by atoms with Crippen LogP contribution in [0.3, 0.4) is 0 Å². The standard InChI is InChI=1S/C15H20F3N3O2/c1-11-2-3-12(15(16,17)18)10-13(11)19-14(23)21-6-4-20(5-7-21)8-9-22/h2-3,10,22H,4-9H2,1H3,(H,19,23). The van der Waals surface area contributed by atoms with Crippen molar-refractivity contribution in [1.82, 2.24) is 9.80 Å². The van der Waals surface area contributed by atoms with Crippen molar-refractivity contribution < 1.29 is 23.1 Å². The summed E-state index contributed by atoms with van der Waals surface area (Å²) in [4.78, 5) is 15.8. The minimum absolute atomic E-state index is 0.0651. The number of aliphatic hydroxyl groups is 1. The zero-order chi connectivity index (χ0) is 17.0. The first-order valence-electron chi connectivity index (χ1n) is 7.38. The van der Waals surface area contributed by atoms with Gasteiger partial charge in [-0.25, -0.2) is 4.79 Å². The number of benzene rings is 1. The lowest BCUT2D eigenvalue weighted by molar-refractivity contribution is -0.137. The van der Waals surface area contributed by atoms with Crippen LogP contribution in [0.2, 0.25) is 0 Å². The number of aliphatic hydroxyl groups excluding tert-OH is 1. The number of piperazine rings is 1. The van der Waals surface area contributed by atoms with Gasteiger partial charge in [0.2, 0.25) is 0 Å². The number of amides is 2. The lowest BCUT2D eigenvalue weighted by Gasteiger charge is -2.34. The van der Waals surface area contributed by atoms with E-state index in [-0.39, 0.29) is 12.3 Å². The molecule has 0 aromatic heterocycles. The van der Waals surface area contributed by atoms with Crippen molar-refractivity contribution in [3.8, 4) is 0 Å². The second-order valence-electron chi connectivity index (χ2n) is 5.51. The van der Waals surface area contributed by atoms with Crippen molar-refractivity contribution in [3.63, 3.8) is 0 Å². The summed E-state index contributed by atoms with van der Waals surface area (Å²) in [6.07, 6.45) is -4.44. The molecule has 0 spiro atoms. The molecule has 0 aliphatic carbocycles. The third-order valence-corrected chi connectivity index (χ3v) is 3.88. The molecule has 1 heterocycles. The predicted octanol–water partition coefficient (Wildman–Crippen LogP) is 2.16. The number of urea groups is 1. The van der Waals surface area contributed by atoms with Crippen molar-refractivity contribution >= 4 is 11.7 Å². The number of rotatable bonds is 3. The highest BCUT2D eigenvalue weighted by Crippen LogP contribution is 2.32.